The van der Waals surface area contributed by atoms with Crippen molar-refractivity contribution < 1.29 is 18.0 Å². The maximum Gasteiger partial charge on any atom is 0.416 e. The van der Waals surface area contributed by atoms with Crippen LogP contribution >= 0.6 is 23.1 Å². The largest absolute Gasteiger partial charge is 0.416 e. The minimum atomic E-state index is -4.48. The summed E-state index contributed by atoms with van der Waals surface area (Å²) >= 11 is 2.40. The van der Waals surface area contributed by atoms with Crippen molar-refractivity contribution >= 4 is 44.9 Å². The van der Waals surface area contributed by atoms with Crippen molar-refractivity contribution in [3.05, 3.63) is 51.6 Å². The number of thiophene rings is 1. The number of anilines is 1. The number of amides is 1. The number of rotatable bonds is 6. The van der Waals surface area contributed by atoms with Gasteiger partial charge in [0.1, 0.15) is 4.70 Å². The number of fused-ring (bicyclic) bond motifs is 1. The van der Waals surface area contributed by atoms with Gasteiger partial charge in [-0.25, -0.2) is 4.98 Å². The Morgan fingerprint density at radius 1 is 1.31 bits per heavy atom. The van der Waals surface area contributed by atoms with E-state index in [9.17, 15) is 22.8 Å². The SMILES string of the molecule is CC(C)Cn1c(SCC(=O)Nc2cccc(C(F)(F)F)c2)nc2ccsc2c1=O. The number of carbonyl (C=O) groups excluding carboxylic acids is 1. The number of nitrogens with zero attached hydrogens (tertiary/aromatic N) is 2. The normalized spacial score (nSPS) is 11.9. The Kier molecular flexibility index (Phi) is 6.33. The Balaban J connectivity index is 1.76. The summed E-state index contributed by atoms with van der Waals surface area (Å²) in [5.74, 6) is -0.369. The highest BCUT2D eigenvalue weighted by molar-refractivity contribution is 7.99. The lowest BCUT2D eigenvalue weighted by atomic mass is 10.2. The molecule has 154 valence electrons. The molecule has 0 fully saturated rings. The average Bonchev–Trinajstić information content (AvgIpc) is 3.10. The van der Waals surface area contributed by atoms with Gasteiger partial charge in [0.25, 0.3) is 5.56 Å². The number of aromatic nitrogens is 2. The zero-order valence-electron chi connectivity index (χ0n) is 15.6. The third kappa shape index (κ3) is 5.18. The maximum absolute atomic E-state index is 12.8. The number of halogens is 3. The number of nitrogens with one attached hydrogen (secondary N) is 1. The van der Waals surface area contributed by atoms with Crippen molar-refractivity contribution in [3.63, 3.8) is 0 Å². The standard InChI is InChI=1S/C19H18F3N3O2S2/c1-11(2)9-25-17(27)16-14(6-7-28-16)24-18(25)29-10-15(26)23-13-5-3-4-12(8-13)19(20,21)22/h3-8,11H,9-10H2,1-2H3,(H,23,26). The third-order valence-corrected chi connectivity index (χ3v) is 5.75. The fraction of sp³-hybridized carbons (Fsp3) is 0.316. The molecule has 2 heterocycles. The number of carbonyl (C=O) groups is 1. The van der Waals surface area contributed by atoms with Gasteiger partial charge >= 0.3 is 6.18 Å². The fourth-order valence-electron chi connectivity index (χ4n) is 2.66. The Morgan fingerprint density at radius 3 is 2.76 bits per heavy atom. The predicted octanol–water partition coefficient (Wildman–Crippen LogP) is 4.86. The number of thioether (sulfide) groups is 1. The zero-order chi connectivity index (χ0) is 21.2. The van der Waals surface area contributed by atoms with E-state index in [-0.39, 0.29) is 22.9 Å². The summed E-state index contributed by atoms with van der Waals surface area (Å²) in [7, 11) is 0. The van der Waals surface area contributed by atoms with Crippen LogP contribution in [0.25, 0.3) is 10.2 Å². The molecule has 0 spiro atoms. The summed E-state index contributed by atoms with van der Waals surface area (Å²) < 4.78 is 40.5. The van der Waals surface area contributed by atoms with Crippen LogP contribution in [0.5, 0.6) is 0 Å². The summed E-state index contributed by atoms with van der Waals surface area (Å²) in [6.07, 6.45) is -4.48. The van der Waals surface area contributed by atoms with Crippen molar-refractivity contribution in [1.29, 1.82) is 0 Å². The monoisotopic (exact) mass is 441 g/mol. The van der Waals surface area contributed by atoms with Crippen LogP contribution in [-0.2, 0) is 17.5 Å². The molecule has 29 heavy (non-hydrogen) atoms. The highest BCUT2D eigenvalue weighted by Gasteiger charge is 2.30. The van der Waals surface area contributed by atoms with E-state index in [2.05, 4.69) is 10.3 Å². The van der Waals surface area contributed by atoms with E-state index < -0.39 is 17.6 Å². The molecule has 0 aliphatic carbocycles. The first-order chi connectivity index (χ1) is 13.6. The van der Waals surface area contributed by atoms with Crippen molar-refractivity contribution in [3.8, 4) is 0 Å². The summed E-state index contributed by atoms with van der Waals surface area (Å²) in [5.41, 5.74) is -0.357. The molecule has 0 aliphatic heterocycles. The molecule has 0 saturated carbocycles. The van der Waals surface area contributed by atoms with Gasteiger partial charge in [0.05, 0.1) is 16.8 Å². The van der Waals surface area contributed by atoms with Crippen LogP contribution in [0, 0.1) is 5.92 Å². The minimum Gasteiger partial charge on any atom is -0.325 e. The number of hydrogen-bond acceptors (Lipinski definition) is 5. The van der Waals surface area contributed by atoms with Crippen molar-refractivity contribution in [2.24, 2.45) is 5.92 Å². The Morgan fingerprint density at radius 2 is 2.07 bits per heavy atom. The first kappa shape index (κ1) is 21.4. The molecule has 1 aromatic carbocycles. The molecule has 10 heteroatoms. The second kappa shape index (κ2) is 8.58. The quantitative estimate of drug-likeness (QED) is 0.438. The molecular weight excluding hydrogens is 423 g/mol. The van der Waals surface area contributed by atoms with E-state index in [1.54, 1.807) is 16.0 Å². The van der Waals surface area contributed by atoms with Crippen LogP contribution in [0.15, 0.2) is 45.7 Å². The van der Waals surface area contributed by atoms with E-state index in [4.69, 9.17) is 0 Å². The molecule has 0 unspecified atom stereocenters. The van der Waals surface area contributed by atoms with Gasteiger partial charge in [-0.05, 0) is 35.6 Å². The molecule has 2 aromatic heterocycles. The molecule has 5 nitrogen and oxygen atoms in total. The lowest BCUT2D eigenvalue weighted by molar-refractivity contribution is -0.137. The van der Waals surface area contributed by atoms with Crippen LogP contribution in [-0.4, -0.2) is 21.2 Å². The van der Waals surface area contributed by atoms with E-state index in [0.717, 1.165) is 23.9 Å². The lowest BCUT2D eigenvalue weighted by Crippen LogP contribution is -2.25. The van der Waals surface area contributed by atoms with Crippen LogP contribution < -0.4 is 10.9 Å². The molecule has 3 aromatic rings. The maximum atomic E-state index is 12.8. The van der Waals surface area contributed by atoms with Gasteiger partial charge in [0.2, 0.25) is 5.91 Å². The molecule has 3 rings (SSSR count). The van der Waals surface area contributed by atoms with Crippen LogP contribution in [0.1, 0.15) is 19.4 Å². The Labute approximate surface area is 173 Å². The number of alkyl halides is 3. The van der Waals surface area contributed by atoms with Crippen molar-refractivity contribution in [2.75, 3.05) is 11.1 Å². The van der Waals surface area contributed by atoms with E-state index in [1.165, 1.54) is 23.5 Å². The summed E-state index contributed by atoms with van der Waals surface area (Å²) in [4.78, 5) is 29.5. The molecular formula is C19H18F3N3O2S2. The summed E-state index contributed by atoms with van der Waals surface area (Å²) in [6, 6.07) is 6.19. The van der Waals surface area contributed by atoms with Gasteiger partial charge in [-0.1, -0.05) is 31.7 Å². The first-order valence-electron chi connectivity index (χ1n) is 8.73. The fourth-order valence-corrected chi connectivity index (χ4v) is 4.25. The van der Waals surface area contributed by atoms with Crippen LogP contribution in [0.3, 0.4) is 0 Å². The van der Waals surface area contributed by atoms with Crippen LogP contribution in [0.4, 0.5) is 18.9 Å². The van der Waals surface area contributed by atoms with E-state index >= 15 is 0 Å². The smallest absolute Gasteiger partial charge is 0.325 e. The van der Waals surface area contributed by atoms with Crippen molar-refractivity contribution in [1.82, 2.24) is 9.55 Å². The molecule has 0 saturated heterocycles. The summed E-state index contributed by atoms with van der Waals surface area (Å²) in [6.45, 7) is 4.40. The third-order valence-electron chi connectivity index (χ3n) is 3.88. The number of hydrogen-bond donors (Lipinski definition) is 1. The molecule has 0 atom stereocenters. The molecule has 0 radical (unpaired) electrons. The second-order valence-electron chi connectivity index (χ2n) is 6.75. The van der Waals surface area contributed by atoms with E-state index in [0.29, 0.717) is 21.9 Å². The summed E-state index contributed by atoms with van der Waals surface area (Å²) in [5, 5.41) is 4.66. The topological polar surface area (TPSA) is 64.0 Å². The highest BCUT2D eigenvalue weighted by Crippen LogP contribution is 2.30. The second-order valence-corrected chi connectivity index (χ2v) is 8.61. The number of benzene rings is 1. The zero-order valence-corrected chi connectivity index (χ0v) is 17.2. The Bertz CT molecular complexity index is 1090. The predicted molar refractivity (Wildman–Crippen MR) is 110 cm³/mol. The Hall–Kier alpha value is -2.33. The molecule has 1 N–H and O–H groups in total. The van der Waals surface area contributed by atoms with Gasteiger partial charge in [0.15, 0.2) is 5.16 Å². The lowest BCUT2D eigenvalue weighted by Gasteiger charge is -2.14. The molecule has 0 aliphatic rings. The van der Waals surface area contributed by atoms with Gasteiger partial charge in [-0.2, -0.15) is 13.2 Å². The van der Waals surface area contributed by atoms with Gasteiger partial charge in [-0.15, -0.1) is 11.3 Å². The molecule has 0 bridgehead atoms. The van der Waals surface area contributed by atoms with Gasteiger partial charge in [-0.3, -0.25) is 14.2 Å². The highest BCUT2D eigenvalue weighted by atomic mass is 32.2. The molecule has 1 amide bonds. The first-order valence-corrected chi connectivity index (χ1v) is 10.6. The minimum absolute atomic E-state index is 0.0613. The van der Waals surface area contributed by atoms with Gasteiger partial charge in [0, 0.05) is 12.2 Å². The average molecular weight is 442 g/mol. The van der Waals surface area contributed by atoms with Crippen molar-refractivity contribution in [2.45, 2.75) is 31.7 Å². The van der Waals surface area contributed by atoms with E-state index in [1.807, 2.05) is 13.8 Å². The van der Waals surface area contributed by atoms with Crippen LogP contribution in [0.2, 0.25) is 0 Å². The van der Waals surface area contributed by atoms with Gasteiger partial charge < -0.3 is 5.32 Å².